The molecule has 0 spiro atoms. The van der Waals surface area contributed by atoms with E-state index in [1.807, 2.05) is 6.92 Å². The monoisotopic (exact) mass is 226 g/mol. The van der Waals surface area contributed by atoms with E-state index in [1.165, 1.54) is 24.3 Å². The SMILES string of the molecule is CCCC(C(=O)O)C(O)c1ccc(F)cc1. The van der Waals surface area contributed by atoms with Crippen molar-refractivity contribution in [2.24, 2.45) is 5.92 Å². The van der Waals surface area contributed by atoms with E-state index < -0.39 is 23.8 Å². The molecule has 0 fully saturated rings. The van der Waals surface area contributed by atoms with Gasteiger partial charge in [0, 0.05) is 0 Å². The summed E-state index contributed by atoms with van der Waals surface area (Å²) in [7, 11) is 0. The van der Waals surface area contributed by atoms with Crippen molar-refractivity contribution in [3.63, 3.8) is 0 Å². The van der Waals surface area contributed by atoms with Crippen molar-refractivity contribution in [3.8, 4) is 0 Å². The maximum absolute atomic E-state index is 12.7. The number of carboxylic acid groups (broad SMARTS) is 1. The van der Waals surface area contributed by atoms with Gasteiger partial charge in [-0.05, 0) is 24.1 Å². The fourth-order valence-electron chi connectivity index (χ4n) is 1.62. The molecule has 2 unspecified atom stereocenters. The molecule has 0 radical (unpaired) electrons. The Kier molecular flexibility index (Phi) is 4.43. The van der Waals surface area contributed by atoms with Crippen LogP contribution < -0.4 is 0 Å². The molecule has 16 heavy (non-hydrogen) atoms. The molecule has 0 aliphatic heterocycles. The smallest absolute Gasteiger partial charge is 0.309 e. The Morgan fingerprint density at radius 3 is 2.38 bits per heavy atom. The average Bonchev–Trinajstić information content (AvgIpc) is 2.25. The molecule has 4 heteroatoms. The van der Waals surface area contributed by atoms with E-state index in [9.17, 15) is 14.3 Å². The predicted octanol–water partition coefficient (Wildman–Crippen LogP) is 2.36. The summed E-state index contributed by atoms with van der Waals surface area (Å²) in [5.74, 6) is -2.27. The highest BCUT2D eigenvalue weighted by Gasteiger charge is 2.26. The molecule has 0 saturated heterocycles. The molecule has 1 aromatic carbocycles. The molecule has 1 aromatic rings. The van der Waals surface area contributed by atoms with Crippen molar-refractivity contribution in [1.82, 2.24) is 0 Å². The van der Waals surface area contributed by atoms with Crippen molar-refractivity contribution >= 4 is 5.97 Å². The summed E-state index contributed by atoms with van der Waals surface area (Å²) in [6.07, 6.45) is -0.0126. The number of benzene rings is 1. The molecule has 3 nitrogen and oxygen atoms in total. The number of hydrogen-bond donors (Lipinski definition) is 2. The Bertz CT molecular complexity index is 348. The zero-order valence-corrected chi connectivity index (χ0v) is 9.06. The minimum absolute atomic E-state index is 0.397. The number of hydrogen-bond acceptors (Lipinski definition) is 2. The molecular weight excluding hydrogens is 211 g/mol. The number of aliphatic hydroxyl groups is 1. The normalized spacial score (nSPS) is 14.4. The highest BCUT2D eigenvalue weighted by Crippen LogP contribution is 2.26. The van der Waals surface area contributed by atoms with Crippen LogP contribution in [0.2, 0.25) is 0 Å². The van der Waals surface area contributed by atoms with Crippen LogP contribution in [-0.4, -0.2) is 16.2 Å². The van der Waals surface area contributed by atoms with E-state index in [0.29, 0.717) is 18.4 Å². The third-order valence-corrected chi connectivity index (χ3v) is 2.51. The van der Waals surface area contributed by atoms with Crippen LogP contribution in [0.15, 0.2) is 24.3 Å². The quantitative estimate of drug-likeness (QED) is 0.810. The van der Waals surface area contributed by atoms with Gasteiger partial charge in [0.15, 0.2) is 0 Å². The minimum atomic E-state index is -1.09. The zero-order valence-electron chi connectivity index (χ0n) is 9.06. The maximum Gasteiger partial charge on any atom is 0.309 e. The molecule has 0 aliphatic rings. The first-order chi connectivity index (χ1) is 7.56. The van der Waals surface area contributed by atoms with Gasteiger partial charge in [0.2, 0.25) is 0 Å². The standard InChI is InChI=1S/C12H15FO3/c1-2-3-10(12(15)16)11(14)8-4-6-9(13)7-5-8/h4-7,10-11,14H,2-3H2,1H3,(H,15,16). The summed E-state index contributed by atoms with van der Waals surface area (Å²) in [5, 5.41) is 18.8. The van der Waals surface area contributed by atoms with Crippen LogP contribution in [0.4, 0.5) is 4.39 Å². The number of aliphatic hydroxyl groups excluding tert-OH is 1. The molecule has 0 aromatic heterocycles. The lowest BCUT2D eigenvalue weighted by Crippen LogP contribution is -2.21. The maximum atomic E-state index is 12.7. The molecule has 0 amide bonds. The van der Waals surface area contributed by atoms with Crippen LogP contribution >= 0.6 is 0 Å². The highest BCUT2D eigenvalue weighted by atomic mass is 19.1. The van der Waals surface area contributed by atoms with Crippen molar-refractivity contribution in [3.05, 3.63) is 35.6 Å². The van der Waals surface area contributed by atoms with Gasteiger partial charge >= 0.3 is 5.97 Å². The molecule has 88 valence electrons. The Labute approximate surface area is 93.5 Å². The average molecular weight is 226 g/mol. The van der Waals surface area contributed by atoms with E-state index >= 15 is 0 Å². The lowest BCUT2D eigenvalue weighted by Gasteiger charge is -2.18. The summed E-state index contributed by atoms with van der Waals surface area (Å²) in [5.41, 5.74) is 0.433. The lowest BCUT2D eigenvalue weighted by atomic mass is 9.92. The number of rotatable bonds is 5. The van der Waals surface area contributed by atoms with Gasteiger partial charge in [0.05, 0.1) is 12.0 Å². The first kappa shape index (κ1) is 12.6. The van der Waals surface area contributed by atoms with Gasteiger partial charge in [0.25, 0.3) is 0 Å². The third kappa shape index (κ3) is 3.03. The molecule has 0 bridgehead atoms. The van der Waals surface area contributed by atoms with Crippen molar-refractivity contribution in [2.75, 3.05) is 0 Å². The predicted molar refractivity (Wildman–Crippen MR) is 57.4 cm³/mol. The molecule has 1 rings (SSSR count). The third-order valence-electron chi connectivity index (χ3n) is 2.51. The van der Waals surface area contributed by atoms with Crippen LogP contribution in [0.25, 0.3) is 0 Å². The second-order valence-corrected chi connectivity index (χ2v) is 3.73. The number of aliphatic carboxylic acids is 1. The van der Waals surface area contributed by atoms with E-state index in [0.717, 1.165) is 0 Å². The molecule has 0 aliphatic carbocycles. The summed E-state index contributed by atoms with van der Waals surface area (Å²) >= 11 is 0. The van der Waals surface area contributed by atoms with Gasteiger partial charge in [-0.15, -0.1) is 0 Å². The lowest BCUT2D eigenvalue weighted by molar-refractivity contribution is -0.146. The van der Waals surface area contributed by atoms with E-state index in [-0.39, 0.29) is 0 Å². The second-order valence-electron chi connectivity index (χ2n) is 3.73. The molecule has 2 N–H and O–H groups in total. The Hall–Kier alpha value is -1.42. The van der Waals surface area contributed by atoms with Crippen LogP contribution in [0.5, 0.6) is 0 Å². The number of carboxylic acids is 1. The van der Waals surface area contributed by atoms with Crippen molar-refractivity contribution in [2.45, 2.75) is 25.9 Å². The van der Waals surface area contributed by atoms with Gasteiger partial charge in [-0.2, -0.15) is 0 Å². The second kappa shape index (κ2) is 5.61. The van der Waals surface area contributed by atoms with E-state index in [1.54, 1.807) is 0 Å². The molecule has 0 saturated carbocycles. The Balaban J connectivity index is 2.85. The Morgan fingerprint density at radius 2 is 1.94 bits per heavy atom. The highest BCUT2D eigenvalue weighted by molar-refractivity contribution is 5.71. The fourth-order valence-corrected chi connectivity index (χ4v) is 1.62. The summed E-state index contributed by atoms with van der Waals surface area (Å²) in [6.45, 7) is 1.85. The van der Waals surface area contributed by atoms with Gasteiger partial charge in [-0.3, -0.25) is 4.79 Å². The van der Waals surface area contributed by atoms with Crippen LogP contribution in [-0.2, 0) is 4.79 Å². The van der Waals surface area contributed by atoms with Crippen LogP contribution in [0.1, 0.15) is 31.4 Å². The van der Waals surface area contributed by atoms with Gasteiger partial charge < -0.3 is 10.2 Å². The van der Waals surface area contributed by atoms with Crippen molar-refractivity contribution in [1.29, 1.82) is 0 Å². The van der Waals surface area contributed by atoms with Gasteiger partial charge in [-0.1, -0.05) is 25.5 Å². The first-order valence-electron chi connectivity index (χ1n) is 5.22. The Morgan fingerprint density at radius 1 is 1.38 bits per heavy atom. The summed E-state index contributed by atoms with van der Waals surface area (Å²) in [4.78, 5) is 10.9. The number of carbonyl (C=O) groups is 1. The minimum Gasteiger partial charge on any atom is -0.481 e. The summed E-state index contributed by atoms with van der Waals surface area (Å²) < 4.78 is 12.7. The summed E-state index contributed by atoms with van der Waals surface area (Å²) in [6, 6.07) is 5.24. The van der Waals surface area contributed by atoms with Gasteiger partial charge in [-0.25, -0.2) is 4.39 Å². The largest absolute Gasteiger partial charge is 0.481 e. The van der Waals surface area contributed by atoms with E-state index in [2.05, 4.69) is 0 Å². The molecular formula is C12H15FO3. The van der Waals surface area contributed by atoms with Gasteiger partial charge in [0.1, 0.15) is 5.82 Å². The van der Waals surface area contributed by atoms with E-state index in [4.69, 9.17) is 5.11 Å². The molecule has 0 heterocycles. The first-order valence-corrected chi connectivity index (χ1v) is 5.22. The van der Waals surface area contributed by atoms with Crippen LogP contribution in [0.3, 0.4) is 0 Å². The topological polar surface area (TPSA) is 57.5 Å². The molecule has 2 atom stereocenters. The number of halogens is 1. The van der Waals surface area contributed by atoms with Crippen molar-refractivity contribution < 1.29 is 19.4 Å². The van der Waals surface area contributed by atoms with Crippen LogP contribution in [0, 0.1) is 11.7 Å². The zero-order chi connectivity index (χ0) is 12.1. The fraction of sp³-hybridized carbons (Fsp3) is 0.417.